The van der Waals surface area contributed by atoms with Gasteiger partial charge in [0.1, 0.15) is 18.2 Å². The summed E-state index contributed by atoms with van der Waals surface area (Å²) in [6.07, 6.45) is -1.75. The van der Waals surface area contributed by atoms with E-state index in [4.69, 9.17) is 14.6 Å². The second-order valence-corrected chi connectivity index (χ2v) is 4.75. The Morgan fingerprint density at radius 3 is 2.28 bits per heavy atom. The van der Waals surface area contributed by atoms with Crippen molar-refractivity contribution in [1.82, 2.24) is 5.32 Å². The molecule has 0 aliphatic heterocycles. The van der Waals surface area contributed by atoms with Crippen LogP contribution in [0.2, 0.25) is 0 Å². The van der Waals surface area contributed by atoms with Crippen molar-refractivity contribution in [2.45, 2.75) is 45.8 Å². The van der Waals surface area contributed by atoms with E-state index >= 15 is 0 Å². The first kappa shape index (κ1) is 16.2. The number of hydrogen-bond acceptors (Lipinski definition) is 5. The number of hydrogen-bond donors (Lipinski definition) is 2. The fraction of sp³-hybridized carbons (Fsp3) is 0.727. The summed E-state index contributed by atoms with van der Waals surface area (Å²) in [5, 5.41) is 10.7. The largest absolute Gasteiger partial charge is 0.481 e. The van der Waals surface area contributed by atoms with E-state index in [0.29, 0.717) is 0 Å². The number of carbonyl (C=O) groups excluding carboxylic acids is 2. The molecule has 18 heavy (non-hydrogen) atoms. The topological polar surface area (TPSA) is 102 Å². The quantitative estimate of drug-likeness (QED) is 0.713. The van der Waals surface area contributed by atoms with E-state index in [-0.39, 0.29) is 13.0 Å². The van der Waals surface area contributed by atoms with Crippen LogP contribution in [0.3, 0.4) is 0 Å². The summed E-state index contributed by atoms with van der Waals surface area (Å²) < 4.78 is 9.66. The van der Waals surface area contributed by atoms with Crippen LogP contribution in [0, 0.1) is 0 Å². The predicted molar refractivity (Wildman–Crippen MR) is 62.0 cm³/mol. The van der Waals surface area contributed by atoms with Crippen LogP contribution in [0.1, 0.15) is 34.1 Å². The molecule has 104 valence electrons. The molecular weight excluding hydrogens is 242 g/mol. The van der Waals surface area contributed by atoms with Crippen molar-refractivity contribution in [3.8, 4) is 0 Å². The van der Waals surface area contributed by atoms with Crippen LogP contribution in [0.15, 0.2) is 0 Å². The number of ether oxygens (including phenoxy) is 2. The Morgan fingerprint density at radius 1 is 1.28 bits per heavy atom. The second-order valence-electron chi connectivity index (χ2n) is 4.75. The van der Waals surface area contributed by atoms with E-state index in [0.717, 1.165) is 0 Å². The molecular formula is C11H19NO6. The van der Waals surface area contributed by atoms with Crippen molar-refractivity contribution in [2.75, 3.05) is 6.54 Å². The van der Waals surface area contributed by atoms with Crippen LogP contribution in [-0.2, 0) is 19.1 Å². The number of alkyl carbamates (subject to hydrolysis) is 1. The third-order valence-corrected chi connectivity index (χ3v) is 1.57. The maximum absolute atomic E-state index is 11.2. The highest BCUT2D eigenvalue weighted by atomic mass is 16.6. The molecule has 0 aromatic rings. The number of esters is 1. The molecule has 0 rings (SSSR count). The number of rotatable bonds is 5. The monoisotopic (exact) mass is 261 g/mol. The van der Waals surface area contributed by atoms with Gasteiger partial charge in [0, 0.05) is 0 Å². The lowest BCUT2D eigenvalue weighted by atomic mass is 10.2. The molecule has 1 amide bonds. The van der Waals surface area contributed by atoms with Gasteiger partial charge in [0.25, 0.3) is 0 Å². The average molecular weight is 261 g/mol. The summed E-state index contributed by atoms with van der Waals surface area (Å²) in [6, 6.07) is 0. The zero-order valence-electron chi connectivity index (χ0n) is 11.0. The zero-order chi connectivity index (χ0) is 14.3. The zero-order valence-corrected chi connectivity index (χ0v) is 11.0. The molecule has 0 bridgehead atoms. The molecule has 0 radical (unpaired) electrons. The Morgan fingerprint density at radius 2 is 1.83 bits per heavy atom. The molecule has 0 heterocycles. The highest BCUT2D eigenvalue weighted by Gasteiger charge is 2.18. The predicted octanol–water partition coefficient (Wildman–Crippen LogP) is 0.917. The first-order chi connectivity index (χ1) is 8.10. The molecule has 0 aromatic carbocycles. The maximum atomic E-state index is 11.2. The lowest BCUT2D eigenvalue weighted by Crippen LogP contribution is -2.36. The number of amides is 1. The van der Waals surface area contributed by atoms with Crippen molar-refractivity contribution in [2.24, 2.45) is 0 Å². The fourth-order valence-electron chi connectivity index (χ4n) is 1.01. The van der Waals surface area contributed by atoms with Gasteiger partial charge < -0.3 is 19.9 Å². The van der Waals surface area contributed by atoms with Gasteiger partial charge in [-0.2, -0.15) is 0 Å². The average Bonchev–Trinajstić information content (AvgIpc) is 2.10. The van der Waals surface area contributed by atoms with Crippen molar-refractivity contribution >= 4 is 18.0 Å². The van der Waals surface area contributed by atoms with Gasteiger partial charge in [0.05, 0.1) is 6.42 Å². The highest BCUT2D eigenvalue weighted by Crippen LogP contribution is 2.06. The lowest BCUT2D eigenvalue weighted by molar-refractivity contribution is -0.150. The Balaban J connectivity index is 3.90. The molecule has 7 heteroatoms. The molecule has 0 aliphatic carbocycles. The molecule has 0 spiro atoms. The summed E-state index contributed by atoms with van der Waals surface area (Å²) in [5.41, 5.74) is -0.648. The first-order valence-corrected chi connectivity index (χ1v) is 5.48. The minimum absolute atomic E-state index is 0.280. The molecule has 7 nitrogen and oxygen atoms in total. The summed E-state index contributed by atoms with van der Waals surface area (Å²) in [7, 11) is 0. The smallest absolute Gasteiger partial charge is 0.408 e. The van der Waals surface area contributed by atoms with E-state index in [1.807, 2.05) is 0 Å². The summed E-state index contributed by atoms with van der Waals surface area (Å²) in [4.78, 5) is 32.7. The van der Waals surface area contributed by atoms with Crippen LogP contribution in [0.25, 0.3) is 0 Å². The Bertz CT molecular complexity index is 320. The molecule has 2 N–H and O–H groups in total. The van der Waals surface area contributed by atoms with Gasteiger partial charge in [-0.05, 0) is 27.7 Å². The van der Waals surface area contributed by atoms with Gasteiger partial charge in [-0.15, -0.1) is 0 Å². The van der Waals surface area contributed by atoms with E-state index in [2.05, 4.69) is 5.32 Å². The molecule has 1 atom stereocenters. The summed E-state index contributed by atoms with van der Waals surface area (Å²) in [5.74, 6) is -1.77. The van der Waals surface area contributed by atoms with Crippen molar-refractivity contribution in [3.05, 3.63) is 0 Å². The molecule has 0 saturated heterocycles. The molecule has 0 fully saturated rings. The molecule has 0 aromatic heterocycles. The third-order valence-electron chi connectivity index (χ3n) is 1.57. The number of aliphatic carboxylic acids is 1. The van der Waals surface area contributed by atoms with Crippen LogP contribution in [0.5, 0.6) is 0 Å². The molecule has 0 saturated carbocycles. The van der Waals surface area contributed by atoms with Gasteiger partial charge in [-0.3, -0.25) is 9.59 Å². The van der Waals surface area contributed by atoms with Crippen LogP contribution in [-0.4, -0.2) is 41.4 Å². The fourth-order valence-corrected chi connectivity index (χ4v) is 1.01. The number of carbonyl (C=O) groups is 3. The lowest BCUT2D eigenvalue weighted by Gasteiger charge is -2.19. The molecule has 1 unspecified atom stereocenters. The van der Waals surface area contributed by atoms with Crippen LogP contribution in [0.4, 0.5) is 4.79 Å². The van der Waals surface area contributed by atoms with Gasteiger partial charge in [-0.25, -0.2) is 4.79 Å². The number of nitrogens with one attached hydrogen (secondary N) is 1. The van der Waals surface area contributed by atoms with Gasteiger partial charge >= 0.3 is 18.0 Å². The number of carboxylic acid groups (broad SMARTS) is 1. The standard InChI is InChI=1S/C11H19NO6/c1-7(5-8(13)14)17-9(15)6-12-10(16)18-11(2,3)4/h7H,5-6H2,1-4H3,(H,12,16)(H,13,14). The van der Waals surface area contributed by atoms with Crippen molar-refractivity contribution in [1.29, 1.82) is 0 Å². The molecule has 0 aliphatic rings. The Labute approximate surface area is 105 Å². The number of carboxylic acids is 1. The normalized spacial score (nSPS) is 12.4. The SMILES string of the molecule is CC(CC(=O)O)OC(=O)CNC(=O)OC(C)(C)C. The van der Waals surface area contributed by atoms with Crippen LogP contribution >= 0.6 is 0 Å². The first-order valence-electron chi connectivity index (χ1n) is 5.48. The summed E-state index contributed by atoms with van der Waals surface area (Å²) in [6.45, 7) is 6.18. The van der Waals surface area contributed by atoms with Crippen LogP contribution < -0.4 is 5.32 Å². The van der Waals surface area contributed by atoms with Gasteiger partial charge in [0.2, 0.25) is 0 Å². The van der Waals surface area contributed by atoms with Gasteiger partial charge in [0.15, 0.2) is 0 Å². The third kappa shape index (κ3) is 9.44. The maximum Gasteiger partial charge on any atom is 0.408 e. The highest BCUT2D eigenvalue weighted by molar-refractivity contribution is 5.78. The van der Waals surface area contributed by atoms with E-state index < -0.39 is 29.7 Å². The van der Waals surface area contributed by atoms with Crippen molar-refractivity contribution < 1.29 is 29.0 Å². The van der Waals surface area contributed by atoms with E-state index in [9.17, 15) is 14.4 Å². The Hall–Kier alpha value is -1.79. The Kier molecular flexibility index (Phi) is 6.15. The minimum atomic E-state index is -1.06. The second kappa shape index (κ2) is 6.83. The van der Waals surface area contributed by atoms with Gasteiger partial charge in [-0.1, -0.05) is 0 Å². The van der Waals surface area contributed by atoms with E-state index in [1.54, 1.807) is 20.8 Å². The van der Waals surface area contributed by atoms with E-state index in [1.165, 1.54) is 6.92 Å². The summed E-state index contributed by atoms with van der Waals surface area (Å²) >= 11 is 0. The van der Waals surface area contributed by atoms with Crippen molar-refractivity contribution in [3.63, 3.8) is 0 Å². The minimum Gasteiger partial charge on any atom is -0.481 e.